The van der Waals surface area contributed by atoms with Gasteiger partial charge in [-0.3, -0.25) is 0 Å². The standard InChI is InChI=1S/C13H15N5/c1-9-5-10(2)17(8-9)12-3-4-18-13(16-12)11(6-14)7-15-18/h3-4,7,9-10H,5,8H2,1-2H3. The summed E-state index contributed by atoms with van der Waals surface area (Å²) >= 11 is 0. The number of nitriles is 1. The third-order valence-corrected chi connectivity index (χ3v) is 3.55. The number of rotatable bonds is 1. The molecule has 2 aromatic rings. The maximum absolute atomic E-state index is 9.02. The van der Waals surface area contributed by atoms with Crippen molar-refractivity contribution in [2.75, 3.05) is 11.4 Å². The quantitative estimate of drug-likeness (QED) is 0.764. The van der Waals surface area contributed by atoms with Gasteiger partial charge in [0.05, 0.1) is 6.20 Å². The summed E-state index contributed by atoms with van der Waals surface area (Å²) in [5.74, 6) is 1.63. The van der Waals surface area contributed by atoms with Crippen LogP contribution in [0.15, 0.2) is 18.5 Å². The van der Waals surface area contributed by atoms with Crippen molar-refractivity contribution in [1.82, 2.24) is 14.6 Å². The van der Waals surface area contributed by atoms with E-state index in [1.54, 1.807) is 10.7 Å². The topological polar surface area (TPSA) is 57.2 Å². The first kappa shape index (κ1) is 11.0. The maximum atomic E-state index is 9.02. The lowest BCUT2D eigenvalue weighted by Crippen LogP contribution is -2.27. The van der Waals surface area contributed by atoms with Crippen LogP contribution in [0.2, 0.25) is 0 Å². The molecule has 0 amide bonds. The van der Waals surface area contributed by atoms with Crippen LogP contribution in [0.25, 0.3) is 5.65 Å². The molecule has 0 aromatic carbocycles. The van der Waals surface area contributed by atoms with E-state index in [0.29, 0.717) is 23.2 Å². The Morgan fingerprint density at radius 1 is 1.44 bits per heavy atom. The van der Waals surface area contributed by atoms with Gasteiger partial charge in [-0.2, -0.15) is 10.4 Å². The fourth-order valence-electron chi connectivity index (χ4n) is 2.72. The highest BCUT2D eigenvalue weighted by molar-refractivity contribution is 5.58. The summed E-state index contributed by atoms with van der Waals surface area (Å²) < 4.78 is 1.65. The van der Waals surface area contributed by atoms with Crippen LogP contribution in [-0.4, -0.2) is 27.2 Å². The first-order valence-electron chi connectivity index (χ1n) is 6.20. The number of fused-ring (bicyclic) bond motifs is 1. The molecule has 92 valence electrons. The van der Waals surface area contributed by atoms with Crippen molar-refractivity contribution in [3.8, 4) is 6.07 Å². The van der Waals surface area contributed by atoms with Crippen molar-refractivity contribution in [1.29, 1.82) is 5.26 Å². The van der Waals surface area contributed by atoms with Gasteiger partial charge in [0.1, 0.15) is 17.5 Å². The molecule has 1 fully saturated rings. The Hall–Kier alpha value is -2.09. The van der Waals surface area contributed by atoms with Crippen LogP contribution in [0.3, 0.4) is 0 Å². The highest BCUT2D eigenvalue weighted by Gasteiger charge is 2.27. The molecule has 1 aliphatic rings. The molecular formula is C13H15N5. The van der Waals surface area contributed by atoms with Gasteiger partial charge in [-0.25, -0.2) is 9.50 Å². The zero-order chi connectivity index (χ0) is 12.7. The minimum atomic E-state index is 0.503. The Kier molecular flexibility index (Phi) is 2.44. The van der Waals surface area contributed by atoms with E-state index in [1.807, 2.05) is 12.3 Å². The van der Waals surface area contributed by atoms with E-state index in [1.165, 1.54) is 6.42 Å². The molecular weight excluding hydrogens is 226 g/mol. The Balaban J connectivity index is 2.05. The van der Waals surface area contributed by atoms with Crippen molar-refractivity contribution in [3.63, 3.8) is 0 Å². The minimum absolute atomic E-state index is 0.503. The number of aromatic nitrogens is 3. The molecule has 2 atom stereocenters. The van der Waals surface area contributed by atoms with Crippen molar-refractivity contribution in [2.45, 2.75) is 26.3 Å². The summed E-state index contributed by atoms with van der Waals surface area (Å²) in [6.07, 6.45) is 4.62. The third kappa shape index (κ3) is 1.61. The van der Waals surface area contributed by atoms with E-state index in [-0.39, 0.29) is 0 Å². The van der Waals surface area contributed by atoms with E-state index < -0.39 is 0 Å². The molecule has 2 unspecified atom stereocenters. The molecule has 0 N–H and O–H groups in total. The van der Waals surface area contributed by atoms with Gasteiger partial charge in [-0.15, -0.1) is 0 Å². The maximum Gasteiger partial charge on any atom is 0.175 e. The van der Waals surface area contributed by atoms with Crippen molar-refractivity contribution >= 4 is 11.5 Å². The Bertz CT molecular complexity index is 624. The second-order valence-corrected chi connectivity index (χ2v) is 5.07. The summed E-state index contributed by atoms with van der Waals surface area (Å²) in [4.78, 5) is 6.88. The first-order chi connectivity index (χ1) is 8.69. The van der Waals surface area contributed by atoms with Crippen molar-refractivity contribution in [3.05, 3.63) is 24.0 Å². The first-order valence-corrected chi connectivity index (χ1v) is 6.20. The Morgan fingerprint density at radius 3 is 2.94 bits per heavy atom. The lowest BCUT2D eigenvalue weighted by atomic mass is 10.1. The molecule has 0 bridgehead atoms. The smallest absolute Gasteiger partial charge is 0.175 e. The van der Waals surface area contributed by atoms with Crippen LogP contribution in [0.4, 0.5) is 5.82 Å². The molecule has 0 saturated carbocycles. The lowest BCUT2D eigenvalue weighted by Gasteiger charge is -2.22. The van der Waals surface area contributed by atoms with Gasteiger partial charge in [0.25, 0.3) is 0 Å². The van der Waals surface area contributed by atoms with Crippen LogP contribution in [0.1, 0.15) is 25.8 Å². The summed E-state index contributed by atoms with van der Waals surface area (Å²) in [7, 11) is 0. The normalized spacial score (nSPS) is 23.5. The number of hydrogen-bond acceptors (Lipinski definition) is 4. The van der Waals surface area contributed by atoms with E-state index in [4.69, 9.17) is 5.26 Å². The molecule has 3 heterocycles. The number of hydrogen-bond donors (Lipinski definition) is 0. The molecule has 0 spiro atoms. The summed E-state index contributed by atoms with van der Waals surface area (Å²) in [6, 6.07) is 4.59. The lowest BCUT2D eigenvalue weighted by molar-refractivity contribution is 0.625. The molecule has 1 saturated heterocycles. The van der Waals surface area contributed by atoms with Crippen LogP contribution < -0.4 is 4.90 Å². The highest BCUT2D eigenvalue weighted by atomic mass is 15.3. The molecule has 0 radical (unpaired) electrons. The monoisotopic (exact) mass is 241 g/mol. The Labute approximate surface area is 106 Å². The molecule has 5 nitrogen and oxygen atoms in total. The van der Waals surface area contributed by atoms with Crippen molar-refractivity contribution < 1.29 is 0 Å². The van der Waals surface area contributed by atoms with Gasteiger partial charge < -0.3 is 4.90 Å². The van der Waals surface area contributed by atoms with E-state index in [0.717, 1.165) is 12.4 Å². The second kappa shape index (κ2) is 3.98. The van der Waals surface area contributed by atoms with E-state index in [9.17, 15) is 0 Å². The molecule has 2 aromatic heterocycles. The molecule has 18 heavy (non-hydrogen) atoms. The van der Waals surface area contributed by atoms with Crippen LogP contribution >= 0.6 is 0 Å². The fourth-order valence-corrected chi connectivity index (χ4v) is 2.72. The summed E-state index contributed by atoms with van der Waals surface area (Å²) in [6.45, 7) is 5.51. The summed E-state index contributed by atoms with van der Waals surface area (Å²) in [5, 5.41) is 13.1. The van der Waals surface area contributed by atoms with Gasteiger partial charge in [0, 0.05) is 18.8 Å². The molecule has 1 aliphatic heterocycles. The van der Waals surface area contributed by atoms with Crippen LogP contribution in [0.5, 0.6) is 0 Å². The average Bonchev–Trinajstić information content (AvgIpc) is 2.91. The number of anilines is 1. The third-order valence-electron chi connectivity index (χ3n) is 3.55. The highest BCUT2D eigenvalue weighted by Crippen LogP contribution is 2.27. The summed E-state index contributed by atoms with van der Waals surface area (Å²) in [5.41, 5.74) is 1.17. The van der Waals surface area contributed by atoms with Gasteiger partial charge in [-0.1, -0.05) is 6.92 Å². The van der Waals surface area contributed by atoms with Crippen LogP contribution in [-0.2, 0) is 0 Å². The average molecular weight is 241 g/mol. The zero-order valence-electron chi connectivity index (χ0n) is 10.5. The van der Waals surface area contributed by atoms with Gasteiger partial charge in [-0.05, 0) is 25.3 Å². The van der Waals surface area contributed by atoms with Gasteiger partial charge in [0.15, 0.2) is 5.65 Å². The van der Waals surface area contributed by atoms with Gasteiger partial charge >= 0.3 is 0 Å². The van der Waals surface area contributed by atoms with E-state index in [2.05, 4.69) is 34.9 Å². The second-order valence-electron chi connectivity index (χ2n) is 5.07. The molecule has 3 rings (SSSR count). The predicted molar refractivity (Wildman–Crippen MR) is 68.3 cm³/mol. The Morgan fingerprint density at radius 2 is 2.28 bits per heavy atom. The largest absolute Gasteiger partial charge is 0.354 e. The van der Waals surface area contributed by atoms with Gasteiger partial charge in [0.2, 0.25) is 0 Å². The number of nitrogens with zero attached hydrogens (tertiary/aromatic N) is 5. The zero-order valence-corrected chi connectivity index (χ0v) is 10.5. The minimum Gasteiger partial charge on any atom is -0.354 e. The molecule has 5 heteroatoms. The SMILES string of the molecule is CC1CC(C)N(c2ccn3ncc(C#N)c3n2)C1. The predicted octanol–water partition coefficient (Wildman–Crippen LogP) is 1.84. The van der Waals surface area contributed by atoms with Crippen LogP contribution in [0, 0.1) is 17.2 Å². The molecule has 0 aliphatic carbocycles. The van der Waals surface area contributed by atoms with Crippen molar-refractivity contribution in [2.24, 2.45) is 5.92 Å². The van der Waals surface area contributed by atoms with E-state index >= 15 is 0 Å². The fraction of sp³-hybridized carbons (Fsp3) is 0.462.